The molecule has 1 aromatic rings. The summed E-state index contributed by atoms with van der Waals surface area (Å²) in [5.41, 5.74) is 0.275. The summed E-state index contributed by atoms with van der Waals surface area (Å²) in [4.78, 5) is 37.4. The summed E-state index contributed by atoms with van der Waals surface area (Å²) >= 11 is 6.15. The predicted octanol–water partition coefficient (Wildman–Crippen LogP) is 1.09. The minimum atomic E-state index is -4.12. The lowest BCUT2D eigenvalue weighted by atomic mass is 9.98. The third-order valence-electron chi connectivity index (χ3n) is 5.11. The predicted molar refractivity (Wildman–Crippen MR) is 111 cm³/mol. The number of benzene rings is 1. The van der Waals surface area contributed by atoms with Crippen LogP contribution < -0.4 is 10.1 Å². The third-order valence-corrected chi connectivity index (χ3v) is 7.38. The Morgan fingerprint density at radius 3 is 2.84 bits per heavy atom. The van der Waals surface area contributed by atoms with Crippen molar-refractivity contribution in [2.24, 2.45) is 5.92 Å². The fraction of sp³-hybridized carbons (Fsp3) is 0.526. The second-order valence-electron chi connectivity index (χ2n) is 7.31. The third kappa shape index (κ3) is 5.10. The van der Waals surface area contributed by atoms with Crippen LogP contribution in [0, 0.1) is 5.92 Å². The van der Waals surface area contributed by atoms with Gasteiger partial charge < -0.3 is 19.7 Å². The van der Waals surface area contributed by atoms with Crippen molar-refractivity contribution < 1.29 is 32.3 Å². The zero-order valence-electron chi connectivity index (χ0n) is 17.2. The Bertz CT molecular complexity index is 998. The van der Waals surface area contributed by atoms with Gasteiger partial charge in [-0.25, -0.2) is 8.42 Å². The Kier molecular flexibility index (Phi) is 7.07. The molecule has 3 rings (SSSR count). The van der Waals surface area contributed by atoms with E-state index in [9.17, 15) is 22.8 Å². The fourth-order valence-electron chi connectivity index (χ4n) is 3.48. The first-order chi connectivity index (χ1) is 14.6. The number of amides is 2. The van der Waals surface area contributed by atoms with E-state index < -0.39 is 28.4 Å². The normalized spacial score (nSPS) is 18.8. The lowest BCUT2D eigenvalue weighted by Gasteiger charge is -2.32. The first kappa shape index (κ1) is 23.3. The summed E-state index contributed by atoms with van der Waals surface area (Å²) in [5.74, 6) is -1.38. The number of carbonyl (C=O) groups is 3. The van der Waals surface area contributed by atoms with Crippen molar-refractivity contribution in [2.75, 3.05) is 45.2 Å². The quantitative estimate of drug-likeness (QED) is 0.613. The van der Waals surface area contributed by atoms with Gasteiger partial charge in [0.1, 0.15) is 10.6 Å². The van der Waals surface area contributed by atoms with Crippen LogP contribution in [0.4, 0.5) is 5.69 Å². The maximum Gasteiger partial charge on any atom is 0.310 e. The highest BCUT2D eigenvalue weighted by atomic mass is 35.5. The highest BCUT2D eigenvalue weighted by Gasteiger charge is 2.33. The fourth-order valence-corrected chi connectivity index (χ4v) is 5.11. The van der Waals surface area contributed by atoms with Crippen LogP contribution >= 0.6 is 11.6 Å². The van der Waals surface area contributed by atoms with Crippen LogP contribution in [0.1, 0.15) is 19.8 Å². The SMILES string of the molecule is CCOC(=O)[C@H]1CCCN(C(=O)CN(C)S(=O)(=O)c2cc3c(cc2Cl)NC(=O)CO3)C1. The second kappa shape index (κ2) is 9.41. The van der Waals surface area contributed by atoms with E-state index in [2.05, 4.69) is 5.32 Å². The number of sulfonamides is 1. The van der Waals surface area contributed by atoms with Gasteiger partial charge >= 0.3 is 5.97 Å². The molecule has 10 nitrogen and oxygen atoms in total. The van der Waals surface area contributed by atoms with Crippen LogP contribution in [-0.4, -0.2) is 75.3 Å². The minimum Gasteiger partial charge on any atom is -0.482 e. The zero-order valence-corrected chi connectivity index (χ0v) is 18.8. The smallest absolute Gasteiger partial charge is 0.310 e. The first-order valence-corrected chi connectivity index (χ1v) is 11.6. The molecule has 2 heterocycles. The summed E-state index contributed by atoms with van der Waals surface area (Å²) < 4.78 is 37.3. The molecule has 1 aromatic carbocycles. The number of hydrogen-bond acceptors (Lipinski definition) is 7. The molecule has 1 atom stereocenters. The van der Waals surface area contributed by atoms with Gasteiger partial charge in [0.05, 0.1) is 29.8 Å². The van der Waals surface area contributed by atoms with Gasteiger partial charge in [-0.15, -0.1) is 0 Å². The van der Waals surface area contributed by atoms with Crippen LogP contribution in [0.2, 0.25) is 5.02 Å². The van der Waals surface area contributed by atoms with E-state index in [4.69, 9.17) is 21.1 Å². The number of ether oxygens (including phenoxy) is 2. The number of likely N-dealkylation sites (tertiary alicyclic amines) is 1. The number of fused-ring (bicyclic) bond motifs is 1. The molecule has 0 aliphatic carbocycles. The molecule has 0 bridgehead atoms. The zero-order chi connectivity index (χ0) is 22.8. The molecule has 31 heavy (non-hydrogen) atoms. The number of hydrogen-bond donors (Lipinski definition) is 1. The average molecular weight is 474 g/mol. The number of rotatable bonds is 6. The first-order valence-electron chi connectivity index (χ1n) is 9.80. The van der Waals surface area contributed by atoms with E-state index in [0.29, 0.717) is 19.4 Å². The summed E-state index contributed by atoms with van der Waals surface area (Å²) in [6.07, 6.45) is 1.25. The Labute approximate surface area is 185 Å². The Hall–Kier alpha value is -2.37. The minimum absolute atomic E-state index is 0.107. The molecular weight excluding hydrogens is 450 g/mol. The monoisotopic (exact) mass is 473 g/mol. The van der Waals surface area contributed by atoms with Crippen LogP contribution in [0.5, 0.6) is 5.75 Å². The summed E-state index contributed by atoms with van der Waals surface area (Å²) in [5, 5.41) is 2.44. The highest BCUT2D eigenvalue weighted by molar-refractivity contribution is 7.89. The lowest BCUT2D eigenvalue weighted by molar-refractivity contribution is -0.151. The molecule has 2 aliphatic rings. The van der Waals surface area contributed by atoms with E-state index in [1.54, 1.807) is 6.92 Å². The molecule has 0 spiro atoms. The van der Waals surface area contributed by atoms with E-state index >= 15 is 0 Å². The van der Waals surface area contributed by atoms with Crippen molar-refractivity contribution >= 4 is 45.1 Å². The maximum atomic E-state index is 13.0. The van der Waals surface area contributed by atoms with Gasteiger partial charge in [-0.1, -0.05) is 11.6 Å². The molecule has 1 fully saturated rings. The largest absolute Gasteiger partial charge is 0.482 e. The van der Waals surface area contributed by atoms with E-state index in [1.807, 2.05) is 0 Å². The van der Waals surface area contributed by atoms with E-state index in [1.165, 1.54) is 24.1 Å². The molecule has 2 aliphatic heterocycles. The number of anilines is 1. The Balaban J connectivity index is 1.72. The van der Waals surface area contributed by atoms with Crippen molar-refractivity contribution in [1.82, 2.24) is 9.21 Å². The topological polar surface area (TPSA) is 122 Å². The number of carbonyl (C=O) groups excluding carboxylic acids is 3. The van der Waals surface area contributed by atoms with Crippen LogP contribution in [0.25, 0.3) is 0 Å². The van der Waals surface area contributed by atoms with Gasteiger partial charge in [-0.3, -0.25) is 14.4 Å². The molecule has 0 saturated carbocycles. The van der Waals surface area contributed by atoms with Gasteiger partial charge in [-0.05, 0) is 25.8 Å². The summed E-state index contributed by atoms with van der Waals surface area (Å²) in [7, 11) is -2.84. The number of likely N-dealkylation sites (N-methyl/N-ethyl adjacent to an activating group) is 1. The molecule has 0 aromatic heterocycles. The molecule has 1 N–H and O–H groups in total. The van der Waals surface area contributed by atoms with Crippen molar-refractivity contribution in [3.05, 3.63) is 17.2 Å². The number of nitrogens with zero attached hydrogens (tertiary/aromatic N) is 2. The molecule has 0 unspecified atom stereocenters. The molecule has 2 amide bonds. The van der Waals surface area contributed by atoms with Crippen LogP contribution in [0.15, 0.2) is 17.0 Å². The van der Waals surface area contributed by atoms with Gasteiger partial charge in [0.15, 0.2) is 6.61 Å². The molecular formula is C19H24ClN3O7S. The van der Waals surface area contributed by atoms with Gasteiger partial charge in [-0.2, -0.15) is 4.31 Å². The number of piperidine rings is 1. The van der Waals surface area contributed by atoms with Crippen molar-refractivity contribution in [3.63, 3.8) is 0 Å². The van der Waals surface area contributed by atoms with Gasteiger partial charge in [0.25, 0.3) is 5.91 Å². The molecule has 1 saturated heterocycles. The Morgan fingerprint density at radius 2 is 2.13 bits per heavy atom. The van der Waals surface area contributed by atoms with E-state index in [-0.39, 0.29) is 53.0 Å². The second-order valence-corrected chi connectivity index (χ2v) is 9.73. The summed E-state index contributed by atoms with van der Waals surface area (Å²) in [6, 6.07) is 2.52. The standard InChI is InChI=1S/C19H24ClN3O7S/c1-3-29-19(26)12-5-4-6-23(9-12)18(25)10-22(2)31(27,28)16-8-15-14(7-13(16)20)21-17(24)11-30-15/h7-8,12H,3-6,9-11H2,1-2H3,(H,21,24)/t12-/m0/s1. The van der Waals surface area contributed by atoms with Crippen molar-refractivity contribution in [1.29, 1.82) is 0 Å². The number of nitrogens with one attached hydrogen (secondary N) is 1. The lowest BCUT2D eigenvalue weighted by Crippen LogP contribution is -2.47. The Morgan fingerprint density at radius 1 is 1.39 bits per heavy atom. The van der Waals surface area contributed by atoms with Crippen molar-refractivity contribution in [2.45, 2.75) is 24.7 Å². The summed E-state index contributed by atoms with van der Waals surface area (Å²) in [6.45, 7) is 1.96. The average Bonchev–Trinajstić information content (AvgIpc) is 2.73. The van der Waals surface area contributed by atoms with Gasteiger partial charge in [0.2, 0.25) is 15.9 Å². The molecule has 170 valence electrons. The number of halogens is 1. The highest BCUT2D eigenvalue weighted by Crippen LogP contribution is 2.36. The van der Waals surface area contributed by atoms with Crippen LogP contribution in [-0.2, 0) is 29.1 Å². The van der Waals surface area contributed by atoms with E-state index in [0.717, 1.165) is 4.31 Å². The van der Waals surface area contributed by atoms with Crippen molar-refractivity contribution in [3.8, 4) is 5.75 Å². The van der Waals surface area contributed by atoms with Crippen LogP contribution in [0.3, 0.4) is 0 Å². The van der Waals surface area contributed by atoms with Gasteiger partial charge in [0, 0.05) is 26.2 Å². The molecule has 0 radical (unpaired) electrons. The number of esters is 1. The maximum absolute atomic E-state index is 13.0. The molecule has 12 heteroatoms.